The third-order valence-corrected chi connectivity index (χ3v) is 4.42. The van der Waals surface area contributed by atoms with Crippen LogP contribution in [0.25, 0.3) is 0 Å². The predicted molar refractivity (Wildman–Crippen MR) is 80.6 cm³/mol. The molecule has 1 fully saturated rings. The SMILES string of the molecule is CCCC(CCC)(C(=O)NC1CCC(C)C1)C(N)=NO. The second-order valence-corrected chi connectivity index (χ2v) is 6.16. The summed E-state index contributed by atoms with van der Waals surface area (Å²) in [6.45, 7) is 6.24. The predicted octanol–water partition coefficient (Wildman–Crippen LogP) is 2.62. The molecule has 1 aliphatic rings. The van der Waals surface area contributed by atoms with Crippen LogP contribution in [0.15, 0.2) is 5.16 Å². The molecule has 4 N–H and O–H groups in total. The quantitative estimate of drug-likeness (QED) is 0.290. The van der Waals surface area contributed by atoms with Crippen LogP contribution in [0, 0.1) is 11.3 Å². The van der Waals surface area contributed by atoms with Crippen molar-refractivity contribution in [3.05, 3.63) is 0 Å². The summed E-state index contributed by atoms with van der Waals surface area (Å²) in [5.41, 5.74) is 5.01. The lowest BCUT2D eigenvalue weighted by molar-refractivity contribution is -0.129. The van der Waals surface area contributed by atoms with Crippen molar-refractivity contribution >= 4 is 11.7 Å². The molecule has 0 bridgehead atoms. The molecule has 0 aromatic carbocycles. The Balaban J connectivity index is 2.87. The Morgan fingerprint density at radius 2 is 1.95 bits per heavy atom. The van der Waals surface area contributed by atoms with Crippen LogP contribution >= 0.6 is 0 Å². The third kappa shape index (κ3) is 3.64. The topological polar surface area (TPSA) is 87.7 Å². The number of hydrogen-bond donors (Lipinski definition) is 3. The third-order valence-electron chi connectivity index (χ3n) is 4.42. The summed E-state index contributed by atoms with van der Waals surface area (Å²) in [4.78, 5) is 12.7. The van der Waals surface area contributed by atoms with E-state index in [0.29, 0.717) is 18.8 Å². The lowest BCUT2D eigenvalue weighted by atomic mass is 9.77. The summed E-state index contributed by atoms with van der Waals surface area (Å²) in [5.74, 6) is 0.635. The number of carbonyl (C=O) groups excluding carboxylic acids is 1. The maximum Gasteiger partial charge on any atom is 0.234 e. The highest BCUT2D eigenvalue weighted by molar-refractivity contribution is 6.06. The van der Waals surface area contributed by atoms with Gasteiger partial charge in [0.2, 0.25) is 5.91 Å². The minimum absolute atomic E-state index is 0.0461. The molecule has 0 saturated heterocycles. The van der Waals surface area contributed by atoms with Gasteiger partial charge in [0.25, 0.3) is 0 Å². The molecular formula is C15H29N3O2. The molecule has 116 valence electrons. The number of nitrogens with two attached hydrogens (primary N) is 1. The fourth-order valence-electron chi connectivity index (χ4n) is 3.34. The summed E-state index contributed by atoms with van der Waals surface area (Å²) < 4.78 is 0. The molecule has 1 amide bonds. The zero-order valence-electron chi connectivity index (χ0n) is 13.0. The molecule has 1 aliphatic carbocycles. The summed E-state index contributed by atoms with van der Waals surface area (Å²) >= 11 is 0. The summed E-state index contributed by atoms with van der Waals surface area (Å²) in [6.07, 6.45) is 6.09. The number of carbonyl (C=O) groups is 1. The van der Waals surface area contributed by atoms with Gasteiger partial charge >= 0.3 is 0 Å². The van der Waals surface area contributed by atoms with Crippen molar-refractivity contribution < 1.29 is 10.0 Å². The highest BCUT2D eigenvalue weighted by atomic mass is 16.4. The Hall–Kier alpha value is -1.26. The van der Waals surface area contributed by atoms with Crippen LogP contribution in [0.4, 0.5) is 0 Å². The number of rotatable bonds is 7. The first-order chi connectivity index (χ1) is 9.50. The van der Waals surface area contributed by atoms with Crippen molar-refractivity contribution in [2.45, 2.75) is 71.8 Å². The molecule has 2 unspecified atom stereocenters. The van der Waals surface area contributed by atoms with E-state index >= 15 is 0 Å². The molecule has 2 atom stereocenters. The van der Waals surface area contributed by atoms with Gasteiger partial charge in [-0.05, 0) is 38.0 Å². The summed E-state index contributed by atoms with van der Waals surface area (Å²) in [7, 11) is 0. The van der Waals surface area contributed by atoms with Gasteiger partial charge in [-0.15, -0.1) is 0 Å². The minimum atomic E-state index is -0.857. The van der Waals surface area contributed by atoms with Crippen molar-refractivity contribution in [2.24, 2.45) is 22.2 Å². The Morgan fingerprint density at radius 1 is 1.35 bits per heavy atom. The molecule has 0 aromatic rings. The number of oxime groups is 1. The van der Waals surface area contributed by atoms with Crippen LogP contribution in [0.1, 0.15) is 65.7 Å². The van der Waals surface area contributed by atoms with Gasteiger partial charge in [0.1, 0.15) is 5.41 Å². The van der Waals surface area contributed by atoms with Crippen LogP contribution in [0.2, 0.25) is 0 Å². The van der Waals surface area contributed by atoms with Crippen molar-refractivity contribution in [3.8, 4) is 0 Å². The van der Waals surface area contributed by atoms with Gasteiger partial charge in [-0.25, -0.2) is 0 Å². The van der Waals surface area contributed by atoms with Crippen LogP contribution in [-0.2, 0) is 4.79 Å². The van der Waals surface area contributed by atoms with E-state index in [1.807, 2.05) is 13.8 Å². The largest absolute Gasteiger partial charge is 0.409 e. The van der Waals surface area contributed by atoms with E-state index in [9.17, 15) is 4.79 Å². The fraction of sp³-hybridized carbons (Fsp3) is 0.867. The second kappa shape index (κ2) is 7.50. The normalized spacial score (nSPS) is 23.9. The average molecular weight is 283 g/mol. The lowest BCUT2D eigenvalue weighted by Gasteiger charge is -2.32. The van der Waals surface area contributed by atoms with Crippen LogP contribution in [0.5, 0.6) is 0 Å². The van der Waals surface area contributed by atoms with E-state index in [1.165, 1.54) is 0 Å². The molecule has 0 spiro atoms. The Labute approximate surface area is 122 Å². The van der Waals surface area contributed by atoms with E-state index in [-0.39, 0.29) is 17.8 Å². The molecule has 0 aromatic heterocycles. The standard InChI is InChI=1S/C15H29N3O2/c1-4-8-15(9-5-2,13(16)18-20)14(19)17-12-7-6-11(3)10-12/h11-12,20H,4-10H2,1-3H3,(H2,16,18)(H,17,19). The molecule has 0 radical (unpaired) electrons. The van der Waals surface area contributed by atoms with Gasteiger partial charge in [-0.1, -0.05) is 38.8 Å². The van der Waals surface area contributed by atoms with Crippen molar-refractivity contribution in [1.82, 2.24) is 5.32 Å². The first-order valence-electron chi connectivity index (χ1n) is 7.79. The number of hydrogen-bond acceptors (Lipinski definition) is 3. The molecule has 1 rings (SSSR count). The fourth-order valence-corrected chi connectivity index (χ4v) is 3.34. The molecular weight excluding hydrogens is 254 g/mol. The lowest BCUT2D eigenvalue weighted by Crippen LogP contribution is -2.52. The zero-order valence-corrected chi connectivity index (χ0v) is 13.0. The molecule has 5 nitrogen and oxygen atoms in total. The first kappa shape index (κ1) is 16.8. The van der Waals surface area contributed by atoms with E-state index in [1.54, 1.807) is 0 Å². The minimum Gasteiger partial charge on any atom is -0.409 e. The Kier molecular flexibility index (Phi) is 6.30. The van der Waals surface area contributed by atoms with E-state index in [2.05, 4.69) is 17.4 Å². The molecule has 1 saturated carbocycles. The van der Waals surface area contributed by atoms with Gasteiger partial charge in [-0.2, -0.15) is 0 Å². The zero-order chi connectivity index (χ0) is 15.2. The van der Waals surface area contributed by atoms with Gasteiger partial charge < -0.3 is 16.3 Å². The van der Waals surface area contributed by atoms with Gasteiger partial charge in [0, 0.05) is 6.04 Å². The highest BCUT2D eigenvalue weighted by Gasteiger charge is 2.42. The average Bonchev–Trinajstić information content (AvgIpc) is 2.82. The number of nitrogens with one attached hydrogen (secondary N) is 1. The smallest absolute Gasteiger partial charge is 0.234 e. The number of amides is 1. The Bertz CT molecular complexity index is 349. The maximum atomic E-state index is 12.7. The van der Waals surface area contributed by atoms with E-state index in [0.717, 1.165) is 32.1 Å². The van der Waals surface area contributed by atoms with Crippen molar-refractivity contribution in [2.75, 3.05) is 0 Å². The number of nitrogens with zero attached hydrogens (tertiary/aromatic N) is 1. The van der Waals surface area contributed by atoms with E-state index in [4.69, 9.17) is 10.9 Å². The van der Waals surface area contributed by atoms with Gasteiger partial charge in [0.15, 0.2) is 5.84 Å². The Morgan fingerprint density at radius 3 is 2.35 bits per heavy atom. The van der Waals surface area contributed by atoms with E-state index < -0.39 is 5.41 Å². The molecule has 5 heteroatoms. The number of amidine groups is 1. The van der Waals surface area contributed by atoms with Crippen LogP contribution in [0.3, 0.4) is 0 Å². The van der Waals surface area contributed by atoms with Crippen molar-refractivity contribution in [3.63, 3.8) is 0 Å². The molecule has 20 heavy (non-hydrogen) atoms. The van der Waals surface area contributed by atoms with Crippen LogP contribution < -0.4 is 11.1 Å². The molecule has 0 aliphatic heterocycles. The second-order valence-electron chi connectivity index (χ2n) is 6.16. The molecule has 0 heterocycles. The van der Waals surface area contributed by atoms with Gasteiger partial charge in [-0.3, -0.25) is 4.79 Å². The van der Waals surface area contributed by atoms with Crippen molar-refractivity contribution in [1.29, 1.82) is 0 Å². The first-order valence-corrected chi connectivity index (χ1v) is 7.79. The summed E-state index contributed by atoms with van der Waals surface area (Å²) in [6, 6.07) is 0.233. The summed E-state index contributed by atoms with van der Waals surface area (Å²) in [5, 5.41) is 15.3. The maximum absolute atomic E-state index is 12.7. The highest BCUT2D eigenvalue weighted by Crippen LogP contribution is 2.32. The van der Waals surface area contributed by atoms with Gasteiger partial charge in [0.05, 0.1) is 0 Å². The monoisotopic (exact) mass is 283 g/mol. The van der Waals surface area contributed by atoms with Crippen LogP contribution in [-0.4, -0.2) is 23.0 Å².